The van der Waals surface area contributed by atoms with E-state index in [0.29, 0.717) is 19.3 Å². The van der Waals surface area contributed by atoms with Gasteiger partial charge < -0.3 is 15.2 Å². The van der Waals surface area contributed by atoms with E-state index in [2.05, 4.69) is 5.32 Å². The van der Waals surface area contributed by atoms with Crippen molar-refractivity contribution in [1.82, 2.24) is 5.32 Å². The van der Waals surface area contributed by atoms with Crippen LogP contribution < -0.4 is 10.1 Å². The third kappa shape index (κ3) is 4.91. The lowest BCUT2D eigenvalue weighted by Crippen LogP contribution is -2.37. The van der Waals surface area contributed by atoms with Crippen LogP contribution in [0.4, 0.5) is 8.78 Å². The molecule has 1 amide bonds. The van der Waals surface area contributed by atoms with Crippen LogP contribution in [0.3, 0.4) is 0 Å². The van der Waals surface area contributed by atoms with Crippen molar-refractivity contribution in [2.45, 2.75) is 25.7 Å². The monoisotopic (exact) mass is 327 g/mol. The standard InChI is InChI=1S/C16H19F2NO4/c17-13-5-4-12(9-14(13)18)23-7-6-19-15(20)10-2-1-3-11(8-10)16(21)22/h4-5,9-11H,1-3,6-8H2,(H,19,20)(H,21,22)/t10-,11+/m0/s1. The SMILES string of the molecule is O=C(O)[C@@H]1CCC[C@H](C(=O)NCCOc2ccc(F)c(F)c2)C1. The zero-order valence-electron chi connectivity index (χ0n) is 12.6. The number of carboxylic acid groups (broad SMARTS) is 1. The number of nitrogens with one attached hydrogen (secondary N) is 1. The van der Waals surface area contributed by atoms with Gasteiger partial charge in [0.15, 0.2) is 11.6 Å². The molecule has 0 saturated heterocycles. The van der Waals surface area contributed by atoms with Gasteiger partial charge in [0.2, 0.25) is 5.91 Å². The highest BCUT2D eigenvalue weighted by atomic mass is 19.2. The van der Waals surface area contributed by atoms with E-state index in [-0.39, 0.29) is 30.7 Å². The van der Waals surface area contributed by atoms with E-state index >= 15 is 0 Å². The van der Waals surface area contributed by atoms with E-state index in [1.165, 1.54) is 6.07 Å². The molecule has 1 aliphatic rings. The Hall–Kier alpha value is -2.18. The van der Waals surface area contributed by atoms with E-state index in [0.717, 1.165) is 18.6 Å². The van der Waals surface area contributed by atoms with Gasteiger partial charge in [0, 0.05) is 12.0 Å². The first kappa shape index (κ1) is 17.2. The van der Waals surface area contributed by atoms with E-state index in [9.17, 15) is 18.4 Å². The summed E-state index contributed by atoms with van der Waals surface area (Å²) in [5.41, 5.74) is 0. The van der Waals surface area contributed by atoms with Crippen LogP contribution >= 0.6 is 0 Å². The van der Waals surface area contributed by atoms with Gasteiger partial charge in [-0.1, -0.05) is 6.42 Å². The molecule has 0 bridgehead atoms. The van der Waals surface area contributed by atoms with E-state index < -0.39 is 23.5 Å². The summed E-state index contributed by atoms with van der Waals surface area (Å²) < 4.78 is 31.0. The number of hydrogen-bond donors (Lipinski definition) is 2. The molecule has 1 fully saturated rings. The number of carbonyl (C=O) groups excluding carboxylic acids is 1. The number of aliphatic carboxylic acids is 1. The molecule has 1 saturated carbocycles. The topological polar surface area (TPSA) is 75.6 Å². The Morgan fingerprint density at radius 2 is 1.96 bits per heavy atom. The van der Waals surface area contributed by atoms with Crippen LogP contribution in [-0.2, 0) is 9.59 Å². The highest BCUT2D eigenvalue weighted by molar-refractivity contribution is 5.80. The van der Waals surface area contributed by atoms with Crippen molar-refractivity contribution in [2.75, 3.05) is 13.2 Å². The van der Waals surface area contributed by atoms with Crippen molar-refractivity contribution < 1.29 is 28.2 Å². The molecule has 2 N–H and O–H groups in total. The molecule has 0 spiro atoms. The van der Waals surface area contributed by atoms with Gasteiger partial charge >= 0.3 is 5.97 Å². The molecule has 7 heteroatoms. The van der Waals surface area contributed by atoms with E-state index in [1.54, 1.807) is 0 Å². The van der Waals surface area contributed by atoms with Crippen molar-refractivity contribution in [3.63, 3.8) is 0 Å². The zero-order chi connectivity index (χ0) is 16.8. The largest absolute Gasteiger partial charge is 0.492 e. The van der Waals surface area contributed by atoms with Gasteiger partial charge in [-0.25, -0.2) is 8.78 Å². The maximum atomic E-state index is 13.0. The number of amides is 1. The fourth-order valence-corrected chi connectivity index (χ4v) is 2.71. The molecule has 0 aliphatic heterocycles. The number of hydrogen-bond acceptors (Lipinski definition) is 3. The Balaban J connectivity index is 1.72. The molecule has 1 aliphatic carbocycles. The molecular formula is C16H19F2NO4. The Kier molecular flexibility index (Phi) is 5.90. The maximum absolute atomic E-state index is 13.0. The van der Waals surface area contributed by atoms with Crippen LogP contribution in [0.15, 0.2) is 18.2 Å². The van der Waals surface area contributed by atoms with Crippen molar-refractivity contribution in [2.24, 2.45) is 11.8 Å². The molecule has 0 heterocycles. The number of benzene rings is 1. The number of halogens is 2. The van der Waals surface area contributed by atoms with Gasteiger partial charge in [-0.3, -0.25) is 9.59 Å². The quantitative estimate of drug-likeness (QED) is 0.787. The highest BCUT2D eigenvalue weighted by Crippen LogP contribution is 2.29. The lowest BCUT2D eigenvalue weighted by Gasteiger charge is -2.25. The van der Waals surface area contributed by atoms with Crippen LogP contribution in [0.1, 0.15) is 25.7 Å². The summed E-state index contributed by atoms with van der Waals surface area (Å²) in [6.07, 6.45) is 2.36. The summed E-state index contributed by atoms with van der Waals surface area (Å²) in [4.78, 5) is 23.0. The average Bonchev–Trinajstić information content (AvgIpc) is 2.54. The zero-order valence-corrected chi connectivity index (χ0v) is 12.6. The molecule has 5 nitrogen and oxygen atoms in total. The van der Waals surface area contributed by atoms with Crippen molar-refractivity contribution >= 4 is 11.9 Å². The molecule has 1 aromatic carbocycles. The number of ether oxygens (including phenoxy) is 1. The first-order valence-electron chi connectivity index (χ1n) is 7.55. The minimum absolute atomic E-state index is 0.117. The predicted molar refractivity (Wildman–Crippen MR) is 77.9 cm³/mol. The van der Waals surface area contributed by atoms with Crippen LogP contribution in [0, 0.1) is 23.5 Å². The molecule has 2 atom stereocenters. The van der Waals surface area contributed by atoms with E-state index in [1.807, 2.05) is 0 Å². The van der Waals surface area contributed by atoms with Crippen molar-refractivity contribution in [3.8, 4) is 5.75 Å². The number of carboxylic acids is 1. The molecule has 0 radical (unpaired) electrons. The predicted octanol–water partition coefficient (Wildman–Crippen LogP) is 2.35. The smallest absolute Gasteiger partial charge is 0.306 e. The van der Waals surface area contributed by atoms with Gasteiger partial charge in [-0.05, 0) is 31.4 Å². The Labute approximate surface area is 132 Å². The third-order valence-corrected chi connectivity index (χ3v) is 3.96. The third-order valence-electron chi connectivity index (χ3n) is 3.96. The van der Waals surface area contributed by atoms with Gasteiger partial charge in [0.1, 0.15) is 12.4 Å². The second-order valence-corrected chi connectivity index (χ2v) is 5.61. The van der Waals surface area contributed by atoms with Gasteiger partial charge in [0.25, 0.3) is 0 Å². The molecule has 0 unspecified atom stereocenters. The molecule has 0 aromatic heterocycles. The second kappa shape index (κ2) is 7.89. The minimum atomic E-state index is -0.992. The Morgan fingerprint density at radius 1 is 1.22 bits per heavy atom. The summed E-state index contributed by atoms with van der Waals surface area (Å²) in [5, 5.41) is 11.7. The van der Waals surface area contributed by atoms with Gasteiger partial charge in [0.05, 0.1) is 12.5 Å². The summed E-state index contributed by atoms with van der Waals surface area (Å²) in [7, 11) is 0. The van der Waals surface area contributed by atoms with Crippen LogP contribution in [0.25, 0.3) is 0 Å². The van der Waals surface area contributed by atoms with Crippen molar-refractivity contribution in [3.05, 3.63) is 29.8 Å². The minimum Gasteiger partial charge on any atom is -0.492 e. The number of rotatable bonds is 6. The average molecular weight is 327 g/mol. The van der Waals surface area contributed by atoms with Crippen LogP contribution in [-0.4, -0.2) is 30.1 Å². The fourth-order valence-electron chi connectivity index (χ4n) is 2.71. The molecule has 126 valence electrons. The first-order valence-corrected chi connectivity index (χ1v) is 7.55. The highest BCUT2D eigenvalue weighted by Gasteiger charge is 2.30. The first-order chi connectivity index (χ1) is 11.0. The maximum Gasteiger partial charge on any atom is 0.306 e. The lowest BCUT2D eigenvalue weighted by atomic mass is 9.81. The molecular weight excluding hydrogens is 308 g/mol. The van der Waals surface area contributed by atoms with Crippen LogP contribution in [0.2, 0.25) is 0 Å². The van der Waals surface area contributed by atoms with Crippen molar-refractivity contribution in [1.29, 1.82) is 0 Å². The normalized spacial score (nSPS) is 20.8. The van der Waals surface area contributed by atoms with Crippen LogP contribution in [0.5, 0.6) is 5.75 Å². The molecule has 23 heavy (non-hydrogen) atoms. The molecule has 2 rings (SSSR count). The summed E-state index contributed by atoms with van der Waals surface area (Å²) in [6.45, 7) is 0.331. The summed E-state index contributed by atoms with van der Waals surface area (Å²) >= 11 is 0. The van der Waals surface area contributed by atoms with Gasteiger partial charge in [-0.2, -0.15) is 0 Å². The summed E-state index contributed by atoms with van der Waals surface area (Å²) in [6, 6.07) is 3.21. The molecule has 1 aromatic rings. The fraction of sp³-hybridized carbons (Fsp3) is 0.500. The summed E-state index contributed by atoms with van der Waals surface area (Å²) in [5.74, 6) is -3.56. The van der Waals surface area contributed by atoms with Gasteiger partial charge in [-0.15, -0.1) is 0 Å². The Morgan fingerprint density at radius 3 is 2.65 bits per heavy atom. The Bertz CT molecular complexity index is 579. The number of carbonyl (C=O) groups is 2. The lowest BCUT2D eigenvalue weighted by molar-refractivity contribution is -0.144. The van der Waals surface area contributed by atoms with E-state index in [4.69, 9.17) is 9.84 Å². The second-order valence-electron chi connectivity index (χ2n) is 5.61.